The summed E-state index contributed by atoms with van der Waals surface area (Å²) < 4.78 is 0. The lowest BCUT2D eigenvalue weighted by atomic mass is 10.0. The lowest BCUT2D eigenvalue weighted by Crippen LogP contribution is -2.33. The van der Waals surface area contributed by atoms with Gasteiger partial charge in [-0.2, -0.15) is 0 Å². The van der Waals surface area contributed by atoms with Crippen molar-refractivity contribution in [2.45, 2.75) is 13.8 Å². The van der Waals surface area contributed by atoms with Crippen LogP contribution in [0.15, 0.2) is 53.9 Å². The lowest BCUT2D eigenvalue weighted by molar-refractivity contribution is 0.0774. The van der Waals surface area contributed by atoms with Crippen LogP contribution in [0.5, 0.6) is 0 Å². The third-order valence-electron chi connectivity index (χ3n) is 3.28. The van der Waals surface area contributed by atoms with Crippen molar-refractivity contribution < 1.29 is 9.59 Å². The summed E-state index contributed by atoms with van der Waals surface area (Å²) in [6, 6.07) is 10.6. The summed E-state index contributed by atoms with van der Waals surface area (Å²) in [5, 5.41) is 1.86. The van der Waals surface area contributed by atoms with E-state index in [9.17, 15) is 9.59 Å². The van der Waals surface area contributed by atoms with Crippen molar-refractivity contribution in [3.8, 4) is 0 Å². The van der Waals surface area contributed by atoms with Gasteiger partial charge in [-0.1, -0.05) is 36.4 Å². The van der Waals surface area contributed by atoms with Crippen molar-refractivity contribution in [2.75, 3.05) is 13.1 Å². The summed E-state index contributed by atoms with van der Waals surface area (Å²) in [6.45, 7) is 8.74. The second kappa shape index (κ2) is 7.18. The molecule has 0 saturated heterocycles. The Morgan fingerprint density at radius 2 is 1.82 bits per heavy atom. The third-order valence-corrected chi connectivity index (χ3v) is 4.15. The van der Waals surface area contributed by atoms with Crippen LogP contribution in [0.4, 0.5) is 0 Å². The summed E-state index contributed by atoms with van der Waals surface area (Å²) in [7, 11) is 0. The number of benzene rings is 1. The average Bonchev–Trinajstić information content (AvgIpc) is 3.05. The largest absolute Gasteiger partial charge is 0.335 e. The van der Waals surface area contributed by atoms with E-state index in [1.165, 1.54) is 11.3 Å². The normalized spacial score (nSPS) is 10.3. The molecule has 2 aromatic rings. The van der Waals surface area contributed by atoms with E-state index in [1.54, 1.807) is 35.2 Å². The third kappa shape index (κ3) is 3.52. The molecule has 1 aromatic carbocycles. The molecule has 0 bridgehead atoms. The Kier molecular flexibility index (Phi) is 5.28. The molecule has 1 heterocycles. The molecule has 0 N–H and O–H groups in total. The van der Waals surface area contributed by atoms with Gasteiger partial charge in [0.15, 0.2) is 0 Å². The van der Waals surface area contributed by atoms with E-state index in [-0.39, 0.29) is 11.7 Å². The van der Waals surface area contributed by atoms with Crippen LogP contribution in [-0.4, -0.2) is 29.7 Å². The summed E-state index contributed by atoms with van der Waals surface area (Å²) in [5.41, 5.74) is 1.82. The molecule has 0 fully saturated rings. The van der Waals surface area contributed by atoms with Crippen molar-refractivity contribution in [1.82, 2.24) is 4.90 Å². The number of hydrogen-bond acceptors (Lipinski definition) is 3. The van der Waals surface area contributed by atoms with E-state index in [0.29, 0.717) is 29.1 Å². The molecule has 4 heteroatoms. The van der Waals surface area contributed by atoms with Crippen molar-refractivity contribution in [3.63, 3.8) is 0 Å². The molecule has 0 aliphatic carbocycles. The first-order valence-corrected chi connectivity index (χ1v) is 8.03. The maximum atomic E-state index is 12.7. The number of likely N-dealkylation sites (N-methyl/N-ethyl adjacent to an activating group) is 1. The Balaban J connectivity index is 2.37. The van der Waals surface area contributed by atoms with Crippen molar-refractivity contribution in [2.24, 2.45) is 0 Å². The molecule has 0 aliphatic rings. The fraction of sp³-hybridized carbons (Fsp3) is 0.222. The highest BCUT2D eigenvalue weighted by Gasteiger charge is 2.22. The molecule has 22 heavy (non-hydrogen) atoms. The maximum absolute atomic E-state index is 12.7. The van der Waals surface area contributed by atoms with Gasteiger partial charge in [0.25, 0.3) is 5.91 Å². The molecule has 3 nitrogen and oxygen atoms in total. The minimum absolute atomic E-state index is 0.106. The zero-order valence-electron chi connectivity index (χ0n) is 12.8. The second-order valence-electron chi connectivity index (χ2n) is 5.13. The summed E-state index contributed by atoms with van der Waals surface area (Å²) >= 11 is 1.38. The minimum Gasteiger partial charge on any atom is -0.335 e. The predicted molar refractivity (Wildman–Crippen MR) is 90.6 cm³/mol. The monoisotopic (exact) mass is 313 g/mol. The smallest absolute Gasteiger partial charge is 0.254 e. The number of nitrogens with zero attached hydrogens (tertiary/aromatic N) is 1. The van der Waals surface area contributed by atoms with Gasteiger partial charge in [-0.3, -0.25) is 9.59 Å². The number of carbonyl (C=O) groups excluding carboxylic acids is 2. The van der Waals surface area contributed by atoms with Crippen LogP contribution in [0.3, 0.4) is 0 Å². The highest BCUT2D eigenvalue weighted by molar-refractivity contribution is 7.12. The molecule has 1 amide bonds. The van der Waals surface area contributed by atoms with Crippen molar-refractivity contribution >= 4 is 23.0 Å². The summed E-state index contributed by atoms with van der Waals surface area (Å²) in [4.78, 5) is 27.7. The van der Waals surface area contributed by atoms with E-state index < -0.39 is 0 Å². The number of rotatable bonds is 6. The van der Waals surface area contributed by atoms with Gasteiger partial charge in [0.2, 0.25) is 5.78 Å². The number of amides is 1. The van der Waals surface area contributed by atoms with E-state index >= 15 is 0 Å². The van der Waals surface area contributed by atoms with Crippen LogP contribution in [0.1, 0.15) is 39.4 Å². The van der Waals surface area contributed by atoms with Crippen LogP contribution < -0.4 is 0 Å². The molecule has 114 valence electrons. The predicted octanol–water partition coefficient (Wildman–Crippen LogP) is 4.02. The Labute approximate surface area is 134 Å². The first-order valence-electron chi connectivity index (χ1n) is 7.15. The number of carbonyl (C=O) groups is 2. The van der Waals surface area contributed by atoms with Gasteiger partial charge in [0.05, 0.1) is 10.4 Å². The molecule has 0 saturated carbocycles. The first-order chi connectivity index (χ1) is 10.5. The van der Waals surface area contributed by atoms with Crippen LogP contribution in [0, 0.1) is 0 Å². The van der Waals surface area contributed by atoms with Crippen molar-refractivity contribution in [3.05, 3.63) is 69.9 Å². The molecule has 0 atom stereocenters. The topological polar surface area (TPSA) is 37.4 Å². The molecular weight excluding hydrogens is 294 g/mol. The Morgan fingerprint density at radius 3 is 2.36 bits per heavy atom. The van der Waals surface area contributed by atoms with Gasteiger partial charge in [-0.05, 0) is 31.4 Å². The standard InChI is InChI=1S/C18H19NO2S/c1-4-19(12-13(2)3)18(21)15-9-6-5-8-14(15)17(20)16-10-7-11-22-16/h5-11H,2,4,12H2,1,3H3. The van der Waals surface area contributed by atoms with Crippen LogP contribution in [0.25, 0.3) is 0 Å². The zero-order valence-corrected chi connectivity index (χ0v) is 13.7. The maximum Gasteiger partial charge on any atom is 0.254 e. The fourth-order valence-corrected chi connectivity index (χ4v) is 2.91. The van der Waals surface area contributed by atoms with Crippen molar-refractivity contribution in [1.29, 1.82) is 0 Å². The van der Waals surface area contributed by atoms with Crippen LogP contribution >= 0.6 is 11.3 Å². The van der Waals surface area contributed by atoms with E-state index in [2.05, 4.69) is 6.58 Å². The summed E-state index contributed by atoms with van der Waals surface area (Å²) in [5.74, 6) is -0.240. The SMILES string of the molecule is C=C(C)CN(CC)C(=O)c1ccccc1C(=O)c1cccs1. The molecular formula is C18H19NO2S. The summed E-state index contributed by atoms with van der Waals surface area (Å²) in [6.07, 6.45) is 0. The van der Waals surface area contributed by atoms with Crippen LogP contribution in [-0.2, 0) is 0 Å². The Morgan fingerprint density at radius 1 is 1.14 bits per heavy atom. The molecule has 0 aliphatic heterocycles. The quantitative estimate of drug-likeness (QED) is 0.597. The van der Waals surface area contributed by atoms with Crippen LogP contribution in [0.2, 0.25) is 0 Å². The van der Waals surface area contributed by atoms with Gasteiger partial charge < -0.3 is 4.90 Å². The number of thiophene rings is 1. The highest BCUT2D eigenvalue weighted by Crippen LogP contribution is 2.20. The number of hydrogen-bond donors (Lipinski definition) is 0. The Hall–Kier alpha value is -2.20. The van der Waals surface area contributed by atoms with Gasteiger partial charge >= 0.3 is 0 Å². The fourth-order valence-electron chi connectivity index (χ4n) is 2.23. The average molecular weight is 313 g/mol. The molecule has 0 unspecified atom stereocenters. The first kappa shape index (κ1) is 16.2. The zero-order chi connectivity index (χ0) is 16.1. The van der Waals surface area contributed by atoms with E-state index in [1.807, 2.05) is 25.3 Å². The second-order valence-corrected chi connectivity index (χ2v) is 6.08. The minimum atomic E-state index is -0.133. The highest BCUT2D eigenvalue weighted by atomic mass is 32.1. The van der Waals surface area contributed by atoms with Gasteiger partial charge in [-0.25, -0.2) is 0 Å². The Bertz CT molecular complexity index is 689. The van der Waals surface area contributed by atoms with E-state index in [4.69, 9.17) is 0 Å². The molecule has 2 rings (SSSR count). The molecule has 0 spiro atoms. The van der Waals surface area contributed by atoms with Gasteiger partial charge in [0.1, 0.15) is 0 Å². The van der Waals surface area contributed by atoms with Gasteiger partial charge in [-0.15, -0.1) is 11.3 Å². The lowest BCUT2D eigenvalue weighted by Gasteiger charge is -2.22. The van der Waals surface area contributed by atoms with E-state index in [0.717, 1.165) is 5.57 Å². The molecule has 0 radical (unpaired) electrons. The number of ketones is 1. The molecule has 1 aromatic heterocycles. The van der Waals surface area contributed by atoms with Gasteiger partial charge in [0, 0.05) is 18.7 Å².